The number of aryl methyl sites for hydroxylation is 2. The molecule has 2 N–H and O–H groups in total. The van der Waals surface area contributed by atoms with Crippen molar-refractivity contribution in [2.45, 2.75) is 33.5 Å². The highest BCUT2D eigenvalue weighted by molar-refractivity contribution is 5.89. The number of nitrogens with zero attached hydrogens (tertiary/aromatic N) is 2. The summed E-state index contributed by atoms with van der Waals surface area (Å²) in [5.74, 6) is -0.891. The summed E-state index contributed by atoms with van der Waals surface area (Å²) in [6, 6.07) is 7.05. The highest BCUT2D eigenvalue weighted by atomic mass is 35.5. The van der Waals surface area contributed by atoms with E-state index in [-0.39, 0.29) is 12.4 Å². The van der Waals surface area contributed by atoms with Gasteiger partial charge in [0.15, 0.2) is 0 Å². The van der Waals surface area contributed by atoms with Crippen LogP contribution in [-0.2, 0) is 19.6 Å². The fourth-order valence-corrected chi connectivity index (χ4v) is 2.11. The molecule has 1 aromatic heterocycles. The molecule has 0 bridgehead atoms. The van der Waals surface area contributed by atoms with Crippen LogP contribution in [0.25, 0.3) is 0 Å². The second kappa shape index (κ2) is 7.81. The first kappa shape index (κ1) is 17.2. The monoisotopic (exact) mass is 309 g/mol. The summed E-state index contributed by atoms with van der Waals surface area (Å²) in [4.78, 5) is 11.1. The SMILES string of the molecule is CCn1cc(CNCc2ccccc2C(=O)O)c(C)n1.Cl. The molecule has 114 valence electrons. The van der Waals surface area contributed by atoms with Crippen LogP contribution >= 0.6 is 12.4 Å². The first-order valence-electron chi connectivity index (χ1n) is 6.66. The van der Waals surface area contributed by atoms with Gasteiger partial charge in [-0.1, -0.05) is 18.2 Å². The third-order valence-electron chi connectivity index (χ3n) is 3.25. The zero-order valence-corrected chi connectivity index (χ0v) is 13.0. The number of hydrogen-bond donors (Lipinski definition) is 2. The van der Waals surface area contributed by atoms with Gasteiger partial charge in [-0.05, 0) is 25.5 Å². The molecule has 1 heterocycles. The molecule has 0 aliphatic carbocycles. The highest BCUT2D eigenvalue weighted by Crippen LogP contribution is 2.10. The Morgan fingerprint density at radius 3 is 2.57 bits per heavy atom. The van der Waals surface area contributed by atoms with E-state index in [4.69, 9.17) is 5.11 Å². The Hall–Kier alpha value is -1.85. The number of rotatable bonds is 6. The number of nitrogens with one attached hydrogen (secondary N) is 1. The van der Waals surface area contributed by atoms with Crippen molar-refractivity contribution < 1.29 is 9.90 Å². The Morgan fingerprint density at radius 1 is 1.29 bits per heavy atom. The van der Waals surface area contributed by atoms with Crippen LogP contribution in [-0.4, -0.2) is 20.9 Å². The summed E-state index contributed by atoms with van der Waals surface area (Å²) >= 11 is 0. The summed E-state index contributed by atoms with van der Waals surface area (Å²) in [5.41, 5.74) is 3.28. The van der Waals surface area contributed by atoms with Crippen LogP contribution in [0.2, 0.25) is 0 Å². The Morgan fingerprint density at radius 2 is 1.95 bits per heavy atom. The van der Waals surface area contributed by atoms with E-state index in [1.807, 2.05) is 36.9 Å². The maximum Gasteiger partial charge on any atom is 0.336 e. The minimum Gasteiger partial charge on any atom is -0.478 e. The molecule has 0 atom stereocenters. The van der Waals surface area contributed by atoms with Crippen LogP contribution in [0, 0.1) is 6.92 Å². The number of carboxylic acid groups (broad SMARTS) is 1. The fraction of sp³-hybridized carbons (Fsp3) is 0.333. The van der Waals surface area contributed by atoms with E-state index in [1.165, 1.54) is 0 Å². The van der Waals surface area contributed by atoms with Crippen molar-refractivity contribution in [1.29, 1.82) is 0 Å². The van der Waals surface area contributed by atoms with Gasteiger partial charge in [-0.3, -0.25) is 4.68 Å². The summed E-state index contributed by atoms with van der Waals surface area (Å²) in [6.45, 7) is 6.09. The first-order valence-corrected chi connectivity index (χ1v) is 6.66. The second-order valence-electron chi connectivity index (χ2n) is 4.66. The molecule has 0 fully saturated rings. The third-order valence-corrected chi connectivity index (χ3v) is 3.25. The average molecular weight is 310 g/mol. The molecule has 21 heavy (non-hydrogen) atoms. The molecule has 1 aromatic carbocycles. The van der Waals surface area contributed by atoms with Gasteiger partial charge < -0.3 is 10.4 Å². The summed E-state index contributed by atoms with van der Waals surface area (Å²) in [7, 11) is 0. The number of aromatic nitrogens is 2. The predicted octanol–water partition coefficient (Wildman–Crippen LogP) is 2.62. The van der Waals surface area contributed by atoms with Crippen molar-refractivity contribution in [3.05, 3.63) is 52.8 Å². The van der Waals surface area contributed by atoms with E-state index >= 15 is 0 Å². The van der Waals surface area contributed by atoms with Crippen LogP contribution in [0.3, 0.4) is 0 Å². The number of aromatic carboxylic acids is 1. The van der Waals surface area contributed by atoms with E-state index < -0.39 is 5.97 Å². The third kappa shape index (κ3) is 4.31. The maximum absolute atomic E-state index is 11.1. The molecule has 0 aliphatic heterocycles. The van der Waals surface area contributed by atoms with Gasteiger partial charge in [0, 0.05) is 31.4 Å². The molecule has 0 aliphatic rings. The van der Waals surface area contributed by atoms with Gasteiger partial charge >= 0.3 is 5.97 Å². The van der Waals surface area contributed by atoms with Gasteiger partial charge in [0.1, 0.15) is 0 Å². The van der Waals surface area contributed by atoms with Gasteiger partial charge in [0.05, 0.1) is 11.3 Å². The topological polar surface area (TPSA) is 67.2 Å². The van der Waals surface area contributed by atoms with Gasteiger partial charge in [0.2, 0.25) is 0 Å². The van der Waals surface area contributed by atoms with Crippen LogP contribution in [0.1, 0.15) is 34.1 Å². The van der Waals surface area contributed by atoms with Gasteiger partial charge in [0.25, 0.3) is 0 Å². The average Bonchev–Trinajstić information content (AvgIpc) is 2.80. The van der Waals surface area contributed by atoms with E-state index in [1.54, 1.807) is 12.1 Å². The molecule has 2 aromatic rings. The Balaban J connectivity index is 0.00000220. The summed E-state index contributed by atoms with van der Waals surface area (Å²) in [5, 5.41) is 16.8. The normalized spacial score (nSPS) is 10.2. The zero-order chi connectivity index (χ0) is 14.5. The quantitative estimate of drug-likeness (QED) is 0.861. The number of carbonyl (C=O) groups is 1. The van der Waals surface area contributed by atoms with Crippen LogP contribution in [0.4, 0.5) is 0 Å². The zero-order valence-electron chi connectivity index (χ0n) is 12.2. The Bertz CT molecular complexity index is 611. The van der Waals surface area contributed by atoms with E-state index in [9.17, 15) is 4.79 Å². The van der Waals surface area contributed by atoms with Crippen molar-refractivity contribution in [2.75, 3.05) is 0 Å². The maximum atomic E-state index is 11.1. The molecule has 0 saturated heterocycles. The highest BCUT2D eigenvalue weighted by Gasteiger charge is 2.09. The lowest BCUT2D eigenvalue weighted by atomic mass is 10.1. The van der Waals surface area contributed by atoms with Crippen molar-refractivity contribution in [3.8, 4) is 0 Å². The van der Waals surface area contributed by atoms with Gasteiger partial charge in [-0.25, -0.2) is 4.79 Å². The first-order chi connectivity index (χ1) is 9.61. The molecule has 0 amide bonds. The molecule has 0 spiro atoms. The Kier molecular flexibility index (Phi) is 6.39. The number of halogens is 1. The molecule has 5 nitrogen and oxygen atoms in total. The molecule has 6 heteroatoms. The minimum absolute atomic E-state index is 0. The van der Waals surface area contributed by atoms with Crippen molar-refractivity contribution in [3.63, 3.8) is 0 Å². The lowest BCUT2D eigenvalue weighted by Crippen LogP contribution is -2.15. The number of carboxylic acids is 1. The van der Waals surface area contributed by atoms with Crippen LogP contribution < -0.4 is 5.32 Å². The van der Waals surface area contributed by atoms with Crippen LogP contribution in [0.5, 0.6) is 0 Å². The summed E-state index contributed by atoms with van der Waals surface area (Å²) in [6.07, 6.45) is 2.02. The molecular weight excluding hydrogens is 290 g/mol. The number of hydrogen-bond acceptors (Lipinski definition) is 3. The van der Waals surface area contributed by atoms with Crippen molar-refractivity contribution in [2.24, 2.45) is 0 Å². The molecule has 2 rings (SSSR count). The standard InChI is InChI=1S/C15H19N3O2.ClH/c1-3-18-10-13(11(2)17-18)9-16-8-12-6-4-5-7-14(12)15(19)20;/h4-7,10,16H,3,8-9H2,1-2H3,(H,19,20);1H. The Labute approximate surface area is 130 Å². The summed E-state index contributed by atoms with van der Waals surface area (Å²) < 4.78 is 1.90. The van der Waals surface area contributed by atoms with Gasteiger partial charge in [-0.2, -0.15) is 5.10 Å². The minimum atomic E-state index is -0.891. The van der Waals surface area contributed by atoms with E-state index in [2.05, 4.69) is 10.4 Å². The molecular formula is C15H20ClN3O2. The molecule has 0 saturated carbocycles. The predicted molar refractivity (Wildman–Crippen MR) is 83.8 cm³/mol. The van der Waals surface area contributed by atoms with Crippen molar-refractivity contribution >= 4 is 18.4 Å². The fourth-order valence-electron chi connectivity index (χ4n) is 2.11. The molecule has 0 radical (unpaired) electrons. The van der Waals surface area contributed by atoms with Crippen LogP contribution in [0.15, 0.2) is 30.5 Å². The number of benzene rings is 1. The second-order valence-corrected chi connectivity index (χ2v) is 4.66. The smallest absolute Gasteiger partial charge is 0.336 e. The largest absolute Gasteiger partial charge is 0.478 e. The van der Waals surface area contributed by atoms with E-state index in [0.29, 0.717) is 18.7 Å². The van der Waals surface area contributed by atoms with E-state index in [0.717, 1.165) is 23.4 Å². The lowest BCUT2D eigenvalue weighted by molar-refractivity contribution is 0.0695. The molecule has 0 unspecified atom stereocenters. The lowest BCUT2D eigenvalue weighted by Gasteiger charge is -2.07. The van der Waals surface area contributed by atoms with Crippen molar-refractivity contribution in [1.82, 2.24) is 15.1 Å². The van der Waals surface area contributed by atoms with Gasteiger partial charge in [-0.15, -0.1) is 12.4 Å².